The molecule has 0 aliphatic rings. The number of nitrogens with zero attached hydrogens (tertiary/aromatic N) is 2. The van der Waals surface area contributed by atoms with Gasteiger partial charge in [0.05, 0.1) is 5.69 Å². The number of nitrogens with one attached hydrogen (secondary N) is 1. The lowest BCUT2D eigenvalue weighted by molar-refractivity contribution is 1.25. The zero-order valence-electron chi connectivity index (χ0n) is 9.86. The number of benzene rings is 1. The lowest BCUT2D eigenvalue weighted by Crippen LogP contribution is -1.97. The van der Waals surface area contributed by atoms with Crippen LogP contribution in [0.4, 0.5) is 11.4 Å². The lowest BCUT2D eigenvalue weighted by Gasteiger charge is -2.10. The van der Waals surface area contributed by atoms with E-state index in [1.807, 2.05) is 31.2 Å². The summed E-state index contributed by atoms with van der Waals surface area (Å²) in [5.74, 6) is 0. The third-order valence-corrected chi connectivity index (χ3v) is 2.56. The topological polar surface area (TPSA) is 48.7 Å². The summed E-state index contributed by atoms with van der Waals surface area (Å²) in [6, 6.07) is 11.9. The third-order valence-electron chi connectivity index (χ3n) is 2.56. The normalized spacial score (nSPS) is 9.71. The van der Waals surface area contributed by atoms with Crippen molar-refractivity contribution in [2.75, 3.05) is 5.32 Å². The van der Waals surface area contributed by atoms with E-state index >= 15 is 0 Å². The van der Waals surface area contributed by atoms with Gasteiger partial charge in [0.1, 0.15) is 6.07 Å². The van der Waals surface area contributed by atoms with E-state index in [2.05, 4.69) is 29.4 Å². The number of nitriles is 1. The Morgan fingerprint density at radius 3 is 2.71 bits per heavy atom. The first kappa shape index (κ1) is 11.2. The Morgan fingerprint density at radius 1 is 1.18 bits per heavy atom. The van der Waals surface area contributed by atoms with Gasteiger partial charge in [-0.05, 0) is 37.6 Å². The first-order chi connectivity index (χ1) is 8.20. The molecule has 3 nitrogen and oxygen atoms in total. The lowest BCUT2D eigenvalue weighted by atomic mass is 10.1. The molecule has 3 heteroatoms. The number of aromatic nitrogens is 1. The predicted molar refractivity (Wildman–Crippen MR) is 68.2 cm³/mol. The van der Waals surface area contributed by atoms with Crippen LogP contribution < -0.4 is 5.32 Å². The fraction of sp³-hybridized carbons (Fsp3) is 0.143. The van der Waals surface area contributed by atoms with Crippen LogP contribution in [0.15, 0.2) is 36.5 Å². The van der Waals surface area contributed by atoms with E-state index in [1.54, 1.807) is 6.20 Å². The van der Waals surface area contributed by atoms with Gasteiger partial charge in [0.2, 0.25) is 0 Å². The second-order valence-electron chi connectivity index (χ2n) is 3.95. The quantitative estimate of drug-likeness (QED) is 0.849. The Bertz CT molecular complexity index is 582. The number of aryl methyl sites for hydroxylation is 2. The summed E-state index contributed by atoms with van der Waals surface area (Å²) in [4.78, 5) is 4.02. The van der Waals surface area contributed by atoms with E-state index in [4.69, 9.17) is 5.26 Å². The molecule has 0 saturated carbocycles. The monoisotopic (exact) mass is 223 g/mol. The molecular formula is C14H13N3. The van der Waals surface area contributed by atoms with Crippen LogP contribution in [0.5, 0.6) is 0 Å². The van der Waals surface area contributed by atoms with E-state index in [-0.39, 0.29) is 0 Å². The third kappa shape index (κ3) is 2.43. The average Bonchev–Trinajstić information content (AvgIpc) is 2.33. The van der Waals surface area contributed by atoms with E-state index in [9.17, 15) is 0 Å². The fourth-order valence-corrected chi connectivity index (χ4v) is 1.69. The predicted octanol–water partition coefficient (Wildman–Crippen LogP) is 3.31. The Kier molecular flexibility index (Phi) is 3.06. The Morgan fingerprint density at radius 2 is 2.00 bits per heavy atom. The number of pyridine rings is 1. The molecule has 0 unspecified atom stereocenters. The number of hydrogen-bond donors (Lipinski definition) is 1. The van der Waals surface area contributed by atoms with Gasteiger partial charge in [-0.1, -0.05) is 17.7 Å². The SMILES string of the molecule is Cc1ccc(Nc2cccnc2C#N)c(C)c1. The van der Waals surface area contributed by atoms with Crippen LogP contribution in [0.25, 0.3) is 0 Å². The van der Waals surface area contributed by atoms with Gasteiger partial charge in [-0.25, -0.2) is 4.98 Å². The summed E-state index contributed by atoms with van der Waals surface area (Å²) in [6.07, 6.45) is 1.62. The summed E-state index contributed by atoms with van der Waals surface area (Å²) in [5, 5.41) is 12.2. The molecule has 0 spiro atoms. The molecule has 84 valence electrons. The number of anilines is 2. The minimum atomic E-state index is 0.410. The second-order valence-corrected chi connectivity index (χ2v) is 3.95. The van der Waals surface area contributed by atoms with E-state index in [0.29, 0.717) is 5.69 Å². The van der Waals surface area contributed by atoms with Gasteiger partial charge in [0.25, 0.3) is 0 Å². The van der Waals surface area contributed by atoms with E-state index < -0.39 is 0 Å². The van der Waals surface area contributed by atoms with Crippen molar-refractivity contribution in [1.82, 2.24) is 4.98 Å². The Balaban J connectivity index is 2.35. The Hall–Kier alpha value is -2.34. The summed E-state index contributed by atoms with van der Waals surface area (Å²) in [6.45, 7) is 4.10. The minimum absolute atomic E-state index is 0.410. The molecule has 0 aliphatic heterocycles. The number of hydrogen-bond acceptors (Lipinski definition) is 3. The van der Waals surface area contributed by atoms with Gasteiger partial charge < -0.3 is 5.32 Å². The first-order valence-electron chi connectivity index (χ1n) is 5.40. The largest absolute Gasteiger partial charge is 0.353 e. The molecular weight excluding hydrogens is 210 g/mol. The highest BCUT2D eigenvalue weighted by Crippen LogP contribution is 2.22. The molecule has 1 N–H and O–H groups in total. The van der Waals surface area contributed by atoms with E-state index in [0.717, 1.165) is 16.9 Å². The van der Waals surface area contributed by atoms with Crippen molar-refractivity contribution in [3.63, 3.8) is 0 Å². The highest BCUT2D eigenvalue weighted by Gasteiger charge is 2.04. The zero-order valence-corrected chi connectivity index (χ0v) is 9.86. The maximum Gasteiger partial charge on any atom is 0.163 e. The maximum atomic E-state index is 8.96. The van der Waals surface area contributed by atoms with Gasteiger partial charge in [-0.2, -0.15) is 5.26 Å². The smallest absolute Gasteiger partial charge is 0.163 e. The molecule has 0 atom stereocenters. The molecule has 1 aromatic carbocycles. The summed E-state index contributed by atoms with van der Waals surface area (Å²) in [5.41, 5.74) is 4.52. The minimum Gasteiger partial charge on any atom is -0.353 e. The maximum absolute atomic E-state index is 8.96. The van der Waals surface area contributed by atoms with Crippen molar-refractivity contribution in [2.24, 2.45) is 0 Å². The molecule has 2 rings (SSSR count). The fourth-order valence-electron chi connectivity index (χ4n) is 1.69. The molecule has 1 aromatic heterocycles. The molecule has 0 bridgehead atoms. The summed E-state index contributed by atoms with van der Waals surface area (Å²) >= 11 is 0. The van der Waals surface area contributed by atoms with Crippen LogP contribution in [0.2, 0.25) is 0 Å². The van der Waals surface area contributed by atoms with Gasteiger partial charge in [0.15, 0.2) is 5.69 Å². The molecule has 0 amide bonds. The van der Waals surface area contributed by atoms with Crippen molar-refractivity contribution in [2.45, 2.75) is 13.8 Å². The van der Waals surface area contributed by atoms with Gasteiger partial charge >= 0.3 is 0 Å². The van der Waals surface area contributed by atoms with Crippen LogP contribution >= 0.6 is 0 Å². The molecule has 0 radical (unpaired) electrons. The summed E-state index contributed by atoms with van der Waals surface area (Å²) < 4.78 is 0. The van der Waals surface area contributed by atoms with Gasteiger partial charge in [-0.15, -0.1) is 0 Å². The van der Waals surface area contributed by atoms with Crippen LogP contribution in [-0.4, -0.2) is 4.98 Å². The first-order valence-corrected chi connectivity index (χ1v) is 5.40. The molecule has 0 saturated heterocycles. The highest BCUT2D eigenvalue weighted by molar-refractivity contribution is 5.67. The molecule has 0 aliphatic carbocycles. The van der Waals surface area contributed by atoms with Crippen molar-refractivity contribution >= 4 is 11.4 Å². The van der Waals surface area contributed by atoms with Crippen LogP contribution in [0.1, 0.15) is 16.8 Å². The van der Waals surface area contributed by atoms with Crippen LogP contribution in [-0.2, 0) is 0 Å². The van der Waals surface area contributed by atoms with Crippen LogP contribution in [0, 0.1) is 25.2 Å². The van der Waals surface area contributed by atoms with Gasteiger partial charge in [-0.3, -0.25) is 0 Å². The molecule has 1 heterocycles. The van der Waals surface area contributed by atoms with Crippen molar-refractivity contribution in [3.05, 3.63) is 53.3 Å². The average molecular weight is 223 g/mol. The van der Waals surface area contributed by atoms with Crippen molar-refractivity contribution in [3.8, 4) is 6.07 Å². The van der Waals surface area contributed by atoms with Crippen molar-refractivity contribution < 1.29 is 0 Å². The summed E-state index contributed by atoms with van der Waals surface area (Å²) in [7, 11) is 0. The Labute approximate surface area is 101 Å². The van der Waals surface area contributed by atoms with Crippen molar-refractivity contribution in [1.29, 1.82) is 5.26 Å². The molecule has 17 heavy (non-hydrogen) atoms. The second kappa shape index (κ2) is 4.67. The van der Waals surface area contributed by atoms with E-state index in [1.165, 1.54) is 5.56 Å². The molecule has 0 fully saturated rings. The standard InChI is InChI=1S/C14H13N3/c1-10-5-6-12(11(2)8-10)17-13-4-3-7-16-14(13)9-15/h3-8,17H,1-2H3. The molecule has 2 aromatic rings. The van der Waals surface area contributed by atoms with Gasteiger partial charge in [0, 0.05) is 11.9 Å². The number of rotatable bonds is 2. The zero-order chi connectivity index (χ0) is 12.3. The van der Waals surface area contributed by atoms with Crippen LogP contribution in [0.3, 0.4) is 0 Å². The highest BCUT2D eigenvalue weighted by atomic mass is 14.9.